The fraction of sp³-hybridized carbons (Fsp3) is 0.389. The molecule has 0 saturated carbocycles. The SMILES string of the molecule is C#CCCCC[C@@H](CC=C)NC(=O)OCc1ccccc1. The Morgan fingerprint density at radius 1 is 1.38 bits per heavy atom. The van der Waals surface area contributed by atoms with E-state index < -0.39 is 0 Å². The van der Waals surface area contributed by atoms with Crippen LogP contribution in [-0.2, 0) is 11.3 Å². The lowest BCUT2D eigenvalue weighted by Crippen LogP contribution is -2.34. The van der Waals surface area contributed by atoms with Crippen LogP contribution in [0.3, 0.4) is 0 Å². The third kappa shape index (κ3) is 7.84. The van der Waals surface area contributed by atoms with Gasteiger partial charge in [0.05, 0.1) is 0 Å². The Morgan fingerprint density at radius 2 is 2.14 bits per heavy atom. The number of amides is 1. The lowest BCUT2D eigenvalue weighted by atomic mass is 10.1. The molecule has 1 amide bonds. The molecule has 0 saturated heterocycles. The summed E-state index contributed by atoms with van der Waals surface area (Å²) in [5, 5.41) is 2.88. The molecule has 0 aromatic heterocycles. The van der Waals surface area contributed by atoms with Crippen LogP contribution in [0.15, 0.2) is 43.0 Å². The Balaban J connectivity index is 2.30. The van der Waals surface area contributed by atoms with Crippen molar-refractivity contribution in [3.05, 3.63) is 48.6 Å². The summed E-state index contributed by atoms with van der Waals surface area (Å²) in [5.74, 6) is 2.62. The van der Waals surface area contributed by atoms with E-state index in [4.69, 9.17) is 11.2 Å². The molecule has 0 heterocycles. The lowest BCUT2D eigenvalue weighted by molar-refractivity contribution is 0.135. The van der Waals surface area contributed by atoms with Crippen LogP contribution >= 0.6 is 0 Å². The van der Waals surface area contributed by atoms with E-state index in [9.17, 15) is 4.79 Å². The number of hydrogen-bond acceptors (Lipinski definition) is 2. The summed E-state index contributed by atoms with van der Waals surface area (Å²) in [6.07, 6.45) is 11.0. The first-order chi connectivity index (χ1) is 10.3. The first kappa shape index (κ1) is 16.8. The van der Waals surface area contributed by atoms with Gasteiger partial charge in [0.1, 0.15) is 6.61 Å². The maximum atomic E-state index is 11.8. The molecule has 1 N–H and O–H groups in total. The van der Waals surface area contributed by atoms with Gasteiger partial charge in [-0.25, -0.2) is 4.79 Å². The van der Waals surface area contributed by atoms with Crippen LogP contribution in [0.25, 0.3) is 0 Å². The smallest absolute Gasteiger partial charge is 0.407 e. The first-order valence-corrected chi connectivity index (χ1v) is 7.28. The third-order valence-electron chi connectivity index (χ3n) is 3.11. The minimum Gasteiger partial charge on any atom is -0.445 e. The molecule has 1 aromatic rings. The summed E-state index contributed by atoms with van der Waals surface area (Å²) in [4.78, 5) is 11.8. The van der Waals surface area contributed by atoms with E-state index in [1.165, 1.54) is 0 Å². The molecule has 0 aliphatic carbocycles. The van der Waals surface area contributed by atoms with Gasteiger partial charge in [-0.1, -0.05) is 42.8 Å². The van der Waals surface area contributed by atoms with Gasteiger partial charge in [-0.2, -0.15) is 0 Å². The zero-order valence-electron chi connectivity index (χ0n) is 12.4. The standard InChI is InChI=1S/C18H23NO2/c1-3-5-6-10-14-17(11-4-2)19-18(20)21-15-16-12-8-7-9-13-16/h1,4,7-9,12-13,17H,2,5-6,10-11,14-15H2,(H,19,20)/t17-/m1/s1. The first-order valence-electron chi connectivity index (χ1n) is 7.28. The van der Waals surface area contributed by atoms with E-state index in [1.807, 2.05) is 36.4 Å². The van der Waals surface area contributed by atoms with Crippen molar-refractivity contribution in [1.29, 1.82) is 0 Å². The van der Waals surface area contributed by atoms with Crippen molar-refractivity contribution in [3.63, 3.8) is 0 Å². The van der Waals surface area contributed by atoms with Crippen molar-refractivity contribution in [3.8, 4) is 12.3 Å². The van der Waals surface area contributed by atoms with Crippen molar-refractivity contribution in [1.82, 2.24) is 5.32 Å². The number of alkyl carbamates (subject to hydrolysis) is 1. The van der Waals surface area contributed by atoms with Gasteiger partial charge >= 0.3 is 6.09 Å². The second kappa shape index (κ2) is 10.6. The van der Waals surface area contributed by atoms with Gasteiger partial charge in [0.15, 0.2) is 0 Å². The summed E-state index contributed by atoms with van der Waals surface area (Å²) in [6, 6.07) is 9.68. The minimum atomic E-state index is -0.386. The number of unbranched alkanes of at least 4 members (excludes halogenated alkanes) is 2. The second-order valence-electron chi connectivity index (χ2n) is 4.88. The quantitative estimate of drug-likeness (QED) is 0.422. The highest BCUT2D eigenvalue weighted by atomic mass is 16.5. The largest absolute Gasteiger partial charge is 0.445 e. The molecular weight excluding hydrogens is 262 g/mol. The zero-order chi connectivity index (χ0) is 15.3. The maximum Gasteiger partial charge on any atom is 0.407 e. The van der Waals surface area contributed by atoms with Crippen LogP contribution in [-0.4, -0.2) is 12.1 Å². The Labute approximate surface area is 127 Å². The molecule has 1 aromatic carbocycles. The highest BCUT2D eigenvalue weighted by Crippen LogP contribution is 2.08. The summed E-state index contributed by atoms with van der Waals surface area (Å²) in [5.41, 5.74) is 0.974. The van der Waals surface area contributed by atoms with E-state index in [-0.39, 0.29) is 18.7 Å². The average molecular weight is 285 g/mol. The van der Waals surface area contributed by atoms with E-state index in [2.05, 4.69) is 17.8 Å². The van der Waals surface area contributed by atoms with Gasteiger partial charge in [0.25, 0.3) is 0 Å². The van der Waals surface area contributed by atoms with Gasteiger partial charge in [-0.3, -0.25) is 0 Å². The van der Waals surface area contributed by atoms with Gasteiger partial charge in [-0.15, -0.1) is 18.9 Å². The van der Waals surface area contributed by atoms with Crippen molar-refractivity contribution >= 4 is 6.09 Å². The number of benzene rings is 1. The highest BCUT2D eigenvalue weighted by molar-refractivity contribution is 5.67. The van der Waals surface area contributed by atoms with Gasteiger partial charge in [-0.05, 0) is 24.8 Å². The molecule has 0 aliphatic rings. The van der Waals surface area contributed by atoms with Crippen molar-refractivity contribution in [2.24, 2.45) is 0 Å². The Kier molecular flexibility index (Phi) is 8.47. The number of carbonyl (C=O) groups is 1. The van der Waals surface area contributed by atoms with Crippen LogP contribution in [0.5, 0.6) is 0 Å². The van der Waals surface area contributed by atoms with Crippen LogP contribution in [0.4, 0.5) is 4.79 Å². The molecule has 0 unspecified atom stereocenters. The van der Waals surface area contributed by atoms with Crippen molar-refractivity contribution in [2.45, 2.75) is 44.8 Å². The van der Waals surface area contributed by atoms with Crippen molar-refractivity contribution < 1.29 is 9.53 Å². The number of carbonyl (C=O) groups excluding carboxylic acids is 1. The Hall–Kier alpha value is -2.21. The molecule has 112 valence electrons. The number of ether oxygens (including phenoxy) is 1. The fourth-order valence-corrected chi connectivity index (χ4v) is 2.00. The average Bonchev–Trinajstić information content (AvgIpc) is 2.51. The van der Waals surface area contributed by atoms with Crippen LogP contribution in [0.1, 0.15) is 37.7 Å². The number of rotatable bonds is 9. The van der Waals surface area contributed by atoms with Gasteiger partial charge in [0, 0.05) is 12.5 Å². The third-order valence-corrected chi connectivity index (χ3v) is 3.11. The molecule has 0 spiro atoms. The van der Waals surface area contributed by atoms with E-state index in [0.29, 0.717) is 0 Å². The van der Waals surface area contributed by atoms with E-state index >= 15 is 0 Å². The lowest BCUT2D eigenvalue weighted by Gasteiger charge is -2.16. The highest BCUT2D eigenvalue weighted by Gasteiger charge is 2.11. The summed E-state index contributed by atoms with van der Waals surface area (Å²) in [6.45, 7) is 4.00. The van der Waals surface area contributed by atoms with Crippen LogP contribution in [0.2, 0.25) is 0 Å². The van der Waals surface area contributed by atoms with Gasteiger partial charge in [0.2, 0.25) is 0 Å². The summed E-state index contributed by atoms with van der Waals surface area (Å²) >= 11 is 0. The molecule has 3 heteroatoms. The monoisotopic (exact) mass is 285 g/mol. The zero-order valence-corrected chi connectivity index (χ0v) is 12.4. The topological polar surface area (TPSA) is 38.3 Å². The van der Waals surface area contributed by atoms with E-state index in [1.54, 1.807) is 0 Å². The van der Waals surface area contributed by atoms with Crippen LogP contribution in [0, 0.1) is 12.3 Å². The molecule has 21 heavy (non-hydrogen) atoms. The molecule has 1 rings (SSSR count). The molecule has 0 aliphatic heterocycles. The molecule has 0 bridgehead atoms. The normalized spacial score (nSPS) is 11.2. The molecule has 0 radical (unpaired) electrons. The number of nitrogens with one attached hydrogen (secondary N) is 1. The number of hydrogen-bond donors (Lipinski definition) is 1. The second-order valence-corrected chi connectivity index (χ2v) is 4.88. The summed E-state index contributed by atoms with van der Waals surface area (Å²) < 4.78 is 5.22. The minimum absolute atomic E-state index is 0.0588. The molecule has 3 nitrogen and oxygen atoms in total. The van der Waals surface area contributed by atoms with Crippen LogP contribution < -0.4 is 5.32 Å². The van der Waals surface area contributed by atoms with Crippen molar-refractivity contribution in [2.75, 3.05) is 0 Å². The van der Waals surface area contributed by atoms with E-state index in [0.717, 1.165) is 37.7 Å². The fourth-order valence-electron chi connectivity index (χ4n) is 2.00. The predicted molar refractivity (Wildman–Crippen MR) is 85.7 cm³/mol. The maximum absolute atomic E-state index is 11.8. The predicted octanol–water partition coefficient (Wildman–Crippen LogP) is 4.05. The van der Waals surface area contributed by atoms with Gasteiger partial charge < -0.3 is 10.1 Å². The Morgan fingerprint density at radius 3 is 2.81 bits per heavy atom. The Bertz CT molecular complexity index is 462. The number of terminal acetylenes is 1. The molecule has 1 atom stereocenters. The molecule has 0 fully saturated rings. The summed E-state index contributed by atoms with van der Waals surface area (Å²) in [7, 11) is 0. The molecular formula is C18H23NO2.